The quantitative estimate of drug-likeness (QED) is 0.347. The summed E-state index contributed by atoms with van der Waals surface area (Å²) in [6.45, 7) is 5.63. The molecule has 0 atom stereocenters. The van der Waals surface area contributed by atoms with Crippen molar-refractivity contribution in [3.63, 3.8) is 0 Å². The van der Waals surface area contributed by atoms with Gasteiger partial charge in [0.1, 0.15) is 6.61 Å². The maximum atomic E-state index is 12.5. The summed E-state index contributed by atoms with van der Waals surface area (Å²) in [6, 6.07) is 2.16. The molecule has 1 fully saturated rings. The predicted octanol–water partition coefficient (Wildman–Crippen LogP) is 2.85. The molecular formula is C18H27F3N4O2. The van der Waals surface area contributed by atoms with Gasteiger partial charge in [-0.25, -0.2) is 4.98 Å². The third-order valence-electron chi connectivity index (χ3n) is 3.82. The van der Waals surface area contributed by atoms with Gasteiger partial charge in [-0.05, 0) is 38.2 Å². The van der Waals surface area contributed by atoms with Crippen LogP contribution < -0.4 is 15.4 Å². The SMILES string of the molecule is CCNC(=NCCCOCC1CC1)NCCOc1ccc(C(F)(F)F)cn1. The summed E-state index contributed by atoms with van der Waals surface area (Å²) in [6.07, 6.45) is -0.199. The normalized spacial score (nSPS) is 14.9. The minimum absolute atomic E-state index is 0.152. The number of hydrogen-bond acceptors (Lipinski definition) is 4. The summed E-state index contributed by atoms with van der Waals surface area (Å²) in [5.74, 6) is 1.59. The van der Waals surface area contributed by atoms with E-state index in [0.29, 0.717) is 25.7 Å². The van der Waals surface area contributed by atoms with E-state index in [2.05, 4.69) is 20.6 Å². The lowest BCUT2D eigenvalue weighted by Gasteiger charge is -2.12. The molecule has 0 aliphatic heterocycles. The molecule has 6 nitrogen and oxygen atoms in total. The van der Waals surface area contributed by atoms with Gasteiger partial charge >= 0.3 is 6.18 Å². The Balaban J connectivity index is 1.61. The summed E-state index contributed by atoms with van der Waals surface area (Å²) >= 11 is 0. The van der Waals surface area contributed by atoms with Gasteiger partial charge in [0.15, 0.2) is 5.96 Å². The average molecular weight is 388 g/mol. The van der Waals surface area contributed by atoms with Gasteiger partial charge in [-0.2, -0.15) is 13.2 Å². The Morgan fingerprint density at radius 2 is 2.07 bits per heavy atom. The molecule has 9 heteroatoms. The molecule has 27 heavy (non-hydrogen) atoms. The molecule has 0 bridgehead atoms. The number of nitrogens with one attached hydrogen (secondary N) is 2. The van der Waals surface area contributed by atoms with E-state index < -0.39 is 11.7 Å². The molecule has 0 saturated heterocycles. The van der Waals surface area contributed by atoms with E-state index in [9.17, 15) is 13.2 Å². The maximum Gasteiger partial charge on any atom is 0.417 e. The van der Waals surface area contributed by atoms with Crippen molar-refractivity contribution in [2.75, 3.05) is 39.5 Å². The van der Waals surface area contributed by atoms with Crippen molar-refractivity contribution >= 4 is 5.96 Å². The van der Waals surface area contributed by atoms with Crippen molar-refractivity contribution in [2.24, 2.45) is 10.9 Å². The van der Waals surface area contributed by atoms with E-state index >= 15 is 0 Å². The number of guanidine groups is 1. The lowest BCUT2D eigenvalue weighted by molar-refractivity contribution is -0.137. The van der Waals surface area contributed by atoms with E-state index in [-0.39, 0.29) is 12.5 Å². The Kier molecular flexibility index (Phi) is 8.63. The number of nitrogens with zero attached hydrogens (tertiary/aromatic N) is 2. The molecule has 2 rings (SSSR count). The van der Waals surface area contributed by atoms with Crippen molar-refractivity contribution in [3.8, 4) is 5.88 Å². The fourth-order valence-electron chi connectivity index (χ4n) is 2.19. The van der Waals surface area contributed by atoms with E-state index in [0.717, 1.165) is 37.8 Å². The molecule has 1 heterocycles. The van der Waals surface area contributed by atoms with Crippen molar-refractivity contribution in [2.45, 2.75) is 32.4 Å². The Morgan fingerprint density at radius 1 is 1.26 bits per heavy atom. The monoisotopic (exact) mass is 388 g/mol. The zero-order valence-electron chi connectivity index (χ0n) is 15.5. The zero-order valence-corrected chi connectivity index (χ0v) is 15.5. The summed E-state index contributed by atoms with van der Waals surface area (Å²) < 4.78 is 48.3. The summed E-state index contributed by atoms with van der Waals surface area (Å²) in [5, 5.41) is 6.24. The molecule has 1 aliphatic rings. The highest BCUT2D eigenvalue weighted by Crippen LogP contribution is 2.29. The van der Waals surface area contributed by atoms with Crippen LogP contribution in [0.2, 0.25) is 0 Å². The maximum absolute atomic E-state index is 12.5. The van der Waals surface area contributed by atoms with Crippen LogP contribution in [0.1, 0.15) is 31.7 Å². The lowest BCUT2D eigenvalue weighted by atomic mass is 10.3. The van der Waals surface area contributed by atoms with Gasteiger partial charge in [0.25, 0.3) is 0 Å². The lowest BCUT2D eigenvalue weighted by Crippen LogP contribution is -2.39. The first-order valence-electron chi connectivity index (χ1n) is 9.25. The number of pyridine rings is 1. The minimum Gasteiger partial charge on any atom is -0.476 e. The molecule has 1 aromatic heterocycles. The van der Waals surface area contributed by atoms with Crippen molar-refractivity contribution in [1.82, 2.24) is 15.6 Å². The molecule has 0 aromatic carbocycles. The second-order valence-electron chi connectivity index (χ2n) is 6.29. The molecule has 2 N–H and O–H groups in total. The first-order chi connectivity index (χ1) is 13.0. The van der Waals surface area contributed by atoms with Crippen molar-refractivity contribution < 1.29 is 22.6 Å². The Labute approximate surface area is 157 Å². The second-order valence-corrected chi connectivity index (χ2v) is 6.29. The summed E-state index contributed by atoms with van der Waals surface area (Å²) in [5.41, 5.74) is -0.796. The van der Waals surface area contributed by atoms with E-state index in [1.165, 1.54) is 18.9 Å². The Hall–Kier alpha value is -2.03. The van der Waals surface area contributed by atoms with E-state index in [1.54, 1.807) is 0 Å². The predicted molar refractivity (Wildman–Crippen MR) is 96.9 cm³/mol. The largest absolute Gasteiger partial charge is 0.476 e. The standard InChI is InChI=1S/C18H27F3N4O2/c1-2-22-17(23-8-3-10-26-13-14-4-5-14)24-9-11-27-16-7-6-15(12-25-16)18(19,20)21/h6-7,12,14H,2-5,8-11,13H2,1H3,(H2,22,23,24). The van der Waals surface area contributed by atoms with Gasteiger partial charge in [-0.1, -0.05) is 0 Å². The first-order valence-corrected chi connectivity index (χ1v) is 9.25. The number of halogens is 3. The minimum atomic E-state index is -4.40. The van der Waals surface area contributed by atoms with Crippen LogP contribution in [0.3, 0.4) is 0 Å². The average Bonchev–Trinajstić information content (AvgIpc) is 3.45. The number of rotatable bonds is 11. The van der Waals surface area contributed by atoms with Crippen LogP contribution in [0.5, 0.6) is 5.88 Å². The Morgan fingerprint density at radius 3 is 2.70 bits per heavy atom. The number of alkyl halides is 3. The second kappa shape index (κ2) is 11.0. The summed E-state index contributed by atoms with van der Waals surface area (Å²) in [7, 11) is 0. The van der Waals surface area contributed by atoms with Gasteiger partial charge in [-0.15, -0.1) is 0 Å². The smallest absolute Gasteiger partial charge is 0.417 e. The van der Waals surface area contributed by atoms with Crippen molar-refractivity contribution in [3.05, 3.63) is 23.9 Å². The van der Waals surface area contributed by atoms with Crippen LogP contribution >= 0.6 is 0 Å². The molecule has 1 aromatic rings. The van der Waals surface area contributed by atoms with E-state index in [4.69, 9.17) is 9.47 Å². The molecule has 152 valence electrons. The molecule has 0 spiro atoms. The molecular weight excluding hydrogens is 361 g/mol. The fourth-order valence-corrected chi connectivity index (χ4v) is 2.19. The Bertz CT molecular complexity index is 575. The molecule has 1 saturated carbocycles. The fraction of sp³-hybridized carbons (Fsp3) is 0.667. The first kappa shape index (κ1) is 21.3. The third kappa shape index (κ3) is 8.94. The molecule has 0 amide bonds. The van der Waals surface area contributed by atoms with Crippen LogP contribution in [-0.4, -0.2) is 50.4 Å². The van der Waals surface area contributed by atoms with Crippen LogP contribution in [-0.2, 0) is 10.9 Å². The van der Waals surface area contributed by atoms with Crippen LogP contribution in [0, 0.1) is 5.92 Å². The highest BCUT2D eigenvalue weighted by Gasteiger charge is 2.30. The van der Waals surface area contributed by atoms with Gasteiger partial charge in [-0.3, -0.25) is 4.99 Å². The van der Waals surface area contributed by atoms with Gasteiger partial charge in [0, 0.05) is 38.6 Å². The van der Waals surface area contributed by atoms with Gasteiger partial charge < -0.3 is 20.1 Å². The molecule has 0 unspecified atom stereocenters. The number of hydrogen-bond donors (Lipinski definition) is 2. The zero-order chi connectivity index (χ0) is 19.5. The topological polar surface area (TPSA) is 67.8 Å². The van der Waals surface area contributed by atoms with Crippen LogP contribution in [0.25, 0.3) is 0 Å². The van der Waals surface area contributed by atoms with Crippen molar-refractivity contribution in [1.29, 1.82) is 0 Å². The van der Waals surface area contributed by atoms with Crippen LogP contribution in [0.4, 0.5) is 13.2 Å². The van der Waals surface area contributed by atoms with Gasteiger partial charge in [0.05, 0.1) is 12.1 Å². The van der Waals surface area contributed by atoms with E-state index in [1.807, 2.05) is 6.92 Å². The van der Waals surface area contributed by atoms with Crippen LogP contribution in [0.15, 0.2) is 23.3 Å². The third-order valence-corrected chi connectivity index (χ3v) is 3.82. The molecule has 0 radical (unpaired) electrons. The highest BCUT2D eigenvalue weighted by atomic mass is 19.4. The molecule has 1 aliphatic carbocycles. The highest BCUT2D eigenvalue weighted by molar-refractivity contribution is 5.79. The summed E-state index contributed by atoms with van der Waals surface area (Å²) in [4.78, 5) is 8.11. The number of aliphatic imine (C=N–C) groups is 1. The number of ether oxygens (including phenoxy) is 2. The van der Waals surface area contributed by atoms with Gasteiger partial charge in [0.2, 0.25) is 5.88 Å². The number of aromatic nitrogens is 1.